The summed E-state index contributed by atoms with van der Waals surface area (Å²) in [5.74, 6) is -0.0431. The first-order chi connectivity index (χ1) is 12.7. The molecule has 3 N–H and O–H groups in total. The number of H-pyrrole nitrogens is 1. The lowest BCUT2D eigenvalue weighted by Crippen LogP contribution is -2.15. The van der Waals surface area contributed by atoms with Gasteiger partial charge in [0, 0.05) is 29.4 Å². The molecule has 0 unspecified atom stereocenters. The number of aryl methyl sites for hydroxylation is 1. The number of aromatic amines is 1. The third-order valence-electron chi connectivity index (χ3n) is 4.42. The first-order valence-electron chi connectivity index (χ1n) is 8.41. The van der Waals surface area contributed by atoms with Crippen molar-refractivity contribution in [1.82, 2.24) is 4.98 Å². The van der Waals surface area contributed by atoms with E-state index in [2.05, 4.69) is 15.0 Å². The molecule has 2 aromatic rings. The Labute approximate surface area is 157 Å². The van der Waals surface area contributed by atoms with Gasteiger partial charge < -0.3 is 15.0 Å². The van der Waals surface area contributed by atoms with Gasteiger partial charge in [0.1, 0.15) is 11.4 Å². The zero-order valence-electron chi connectivity index (χ0n) is 15.3. The van der Waals surface area contributed by atoms with Crippen LogP contribution in [-0.4, -0.2) is 38.5 Å². The predicted octanol–water partition coefficient (Wildman–Crippen LogP) is 2.47. The molecule has 27 heavy (non-hydrogen) atoms. The van der Waals surface area contributed by atoms with E-state index < -0.39 is 10.0 Å². The Balaban J connectivity index is 1.86. The number of ether oxygens (including phenoxy) is 1. The minimum absolute atomic E-state index is 0.0573. The molecule has 0 saturated carbocycles. The lowest BCUT2D eigenvalue weighted by Gasteiger charge is -2.12. The Morgan fingerprint density at radius 1 is 1.26 bits per heavy atom. The summed E-state index contributed by atoms with van der Waals surface area (Å²) in [4.78, 5) is 27.8. The van der Waals surface area contributed by atoms with Crippen LogP contribution < -0.4 is 14.8 Å². The molecule has 0 atom stereocenters. The van der Waals surface area contributed by atoms with Crippen molar-refractivity contribution in [3.63, 3.8) is 0 Å². The summed E-state index contributed by atoms with van der Waals surface area (Å²) in [6, 6.07) is 4.59. The van der Waals surface area contributed by atoms with Crippen molar-refractivity contribution < 1.29 is 22.7 Å². The Morgan fingerprint density at radius 3 is 2.63 bits per heavy atom. The molecule has 0 aliphatic heterocycles. The van der Waals surface area contributed by atoms with E-state index in [4.69, 9.17) is 4.74 Å². The summed E-state index contributed by atoms with van der Waals surface area (Å²) in [7, 11) is -2.05. The lowest BCUT2D eigenvalue weighted by atomic mass is 9.94. The van der Waals surface area contributed by atoms with Gasteiger partial charge >= 0.3 is 0 Å². The molecule has 0 fully saturated rings. The van der Waals surface area contributed by atoms with E-state index in [1.165, 1.54) is 19.2 Å². The highest BCUT2D eigenvalue weighted by atomic mass is 32.2. The van der Waals surface area contributed by atoms with Crippen molar-refractivity contribution >= 4 is 33.1 Å². The Kier molecular flexibility index (Phi) is 4.97. The molecular formula is C18H21N3O5S. The number of Topliss-reactive ketones (excluding diaryl/α,β-unsaturated/α-hetero) is 1. The van der Waals surface area contributed by atoms with Gasteiger partial charge in [-0.25, -0.2) is 8.42 Å². The van der Waals surface area contributed by atoms with Gasteiger partial charge in [0.05, 0.1) is 19.1 Å². The highest BCUT2D eigenvalue weighted by Gasteiger charge is 2.26. The molecule has 1 amide bonds. The molecule has 0 spiro atoms. The predicted molar refractivity (Wildman–Crippen MR) is 102 cm³/mol. The SMILES string of the molecule is COc1cc(NC(=O)c2[nH]c3c(c2C)C(=O)CCC3)ccc1NS(C)(=O)=O. The van der Waals surface area contributed by atoms with E-state index in [1.54, 1.807) is 13.0 Å². The maximum Gasteiger partial charge on any atom is 0.272 e. The van der Waals surface area contributed by atoms with E-state index >= 15 is 0 Å². The lowest BCUT2D eigenvalue weighted by molar-refractivity contribution is 0.0971. The van der Waals surface area contributed by atoms with Gasteiger partial charge in [-0.05, 0) is 37.5 Å². The second-order valence-corrected chi connectivity index (χ2v) is 8.25. The summed E-state index contributed by atoms with van der Waals surface area (Å²) in [6.07, 6.45) is 3.06. The molecule has 0 radical (unpaired) electrons. The number of ketones is 1. The van der Waals surface area contributed by atoms with Gasteiger partial charge in [0.25, 0.3) is 5.91 Å². The van der Waals surface area contributed by atoms with Crippen molar-refractivity contribution in [3.05, 3.63) is 40.7 Å². The maximum absolute atomic E-state index is 12.7. The number of amides is 1. The van der Waals surface area contributed by atoms with Crippen LogP contribution in [0.5, 0.6) is 5.75 Å². The van der Waals surface area contributed by atoms with Crippen LogP contribution in [0.3, 0.4) is 0 Å². The molecule has 1 aromatic heterocycles. The number of nitrogens with one attached hydrogen (secondary N) is 3. The molecule has 1 heterocycles. The Bertz CT molecular complexity index is 1020. The second kappa shape index (κ2) is 7.07. The minimum atomic E-state index is -3.46. The van der Waals surface area contributed by atoms with Crippen molar-refractivity contribution in [2.75, 3.05) is 23.4 Å². The molecule has 0 saturated heterocycles. The first-order valence-corrected chi connectivity index (χ1v) is 10.3. The molecule has 3 rings (SSSR count). The van der Waals surface area contributed by atoms with Crippen molar-refractivity contribution in [3.8, 4) is 5.75 Å². The highest BCUT2D eigenvalue weighted by Crippen LogP contribution is 2.30. The summed E-state index contributed by atoms with van der Waals surface area (Å²) in [5, 5.41) is 2.75. The molecule has 1 aromatic carbocycles. The van der Waals surface area contributed by atoms with Gasteiger partial charge in [-0.2, -0.15) is 0 Å². The number of benzene rings is 1. The van der Waals surface area contributed by atoms with Crippen LogP contribution in [-0.2, 0) is 16.4 Å². The van der Waals surface area contributed by atoms with Crippen LogP contribution in [0.15, 0.2) is 18.2 Å². The number of sulfonamides is 1. The number of rotatable bonds is 5. The monoisotopic (exact) mass is 391 g/mol. The molecule has 1 aliphatic rings. The van der Waals surface area contributed by atoms with Crippen LogP contribution in [0.25, 0.3) is 0 Å². The quantitative estimate of drug-likeness (QED) is 0.724. The number of aromatic nitrogens is 1. The molecule has 8 nitrogen and oxygen atoms in total. The fraction of sp³-hybridized carbons (Fsp3) is 0.333. The van der Waals surface area contributed by atoms with Crippen molar-refractivity contribution in [2.45, 2.75) is 26.2 Å². The standard InChI is InChI=1S/C18H21N3O5S/c1-10-16-13(5-4-6-14(16)22)20-17(10)18(23)19-11-7-8-12(15(9-11)26-2)21-27(3,24)25/h7-9,20-21H,4-6H2,1-3H3,(H,19,23). The van der Waals surface area contributed by atoms with Crippen LogP contribution in [0.2, 0.25) is 0 Å². The number of anilines is 2. The van der Waals surface area contributed by atoms with E-state index in [0.717, 1.165) is 24.8 Å². The molecule has 144 valence electrons. The third kappa shape index (κ3) is 3.97. The molecule has 9 heteroatoms. The maximum atomic E-state index is 12.7. The number of hydrogen-bond donors (Lipinski definition) is 3. The fourth-order valence-corrected chi connectivity index (χ4v) is 3.82. The van der Waals surface area contributed by atoms with Crippen molar-refractivity contribution in [1.29, 1.82) is 0 Å². The number of methoxy groups -OCH3 is 1. The topological polar surface area (TPSA) is 117 Å². The summed E-state index contributed by atoms with van der Waals surface area (Å²) in [5.41, 5.74) is 3.14. The molecule has 1 aliphatic carbocycles. The number of fused-ring (bicyclic) bond motifs is 1. The minimum Gasteiger partial charge on any atom is -0.494 e. The Hall–Kier alpha value is -2.81. The van der Waals surface area contributed by atoms with Gasteiger partial charge in [-0.15, -0.1) is 0 Å². The summed E-state index contributed by atoms with van der Waals surface area (Å²) in [6.45, 7) is 1.76. The van der Waals surface area contributed by atoms with E-state index in [0.29, 0.717) is 28.9 Å². The van der Waals surface area contributed by atoms with E-state index in [-0.39, 0.29) is 23.1 Å². The van der Waals surface area contributed by atoms with Crippen molar-refractivity contribution in [2.24, 2.45) is 0 Å². The van der Waals surface area contributed by atoms with Crippen LogP contribution in [0.4, 0.5) is 11.4 Å². The number of hydrogen-bond acceptors (Lipinski definition) is 5. The number of carbonyl (C=O) groups excluding carboxylic acids is 2. The summed E-state index contributed by atoms with van der Waals surface area (Å²) >= 11 is 0. The Morgan fingerprint density at radius 2 is 2.00 bits per heavy atom. The van der Waals surface area contributed by atoms with Crippen LogP contribution >= 0.6 is 0 Å². The largest absolute Gasteiger partial charge is 0.494 e. The van der Waals surface area contributed by atoms with E-state index in [1.807, 2.05) is 0 Å². The second-order valence-electron chi connectivity index (χ2n) is 6.50. The third-order valence-corrected chi connectivity index (χ3v) is 5.01. The van der Waals surface area contributed by atoms with E-state index in [9.17, 15) is 18.0 Å². The highest BCUT2D eigenvalue weighted by molar-refractivity contribution is 7.92. The van der Waals surface area contributed by atoms with Crippen LogP contribution in [0, 0.1) is 6.92 Å². The van der Waals surface area contributed by atoms with Gasteiger partial charge in [-0.3, -0.25) is 14.3 Å². The van der Waals surface area contributed by atoms with Gasteiger partial charge in [0.15, 0.2) is 5.78 Å². The zero-order chi connectivity index (χ0) is 19.8. The average molecular weight is 391 g/mol. The molecule has 0 bridgehead atoms. The van der Waals surface area contributed by atoms with Gasteiger partial charge in [-0.1, -0.05) is 0 Å². The zero-order valence-corrected chi connectivity index (χ0v) is 16.1. The first kappa shape index (κ1) is 19.0. The summed E-state index contributed by atoms with van der Waals surface area (Å²) < 4.78 is 30.4. The average Bonchev–Trinajstić information content (AvgIpc) is 2.93. The molecular weight excluding hydrogens is 370 g/mol. The smallest absolute Gasteiger partial charge is 0.272 e. The fourth-order valence-electron chi connectivity index (χ4n) is 3.25. The number of carbonyl (C=O) groups is 2. The van der Waals surface area contributed by atoms with Crippen LogP contribution in [0.1, 0.15) is 44.9 Å². The van der Waals surface area contributed by atoms with Gasteiger partial charge in [0.2, 0.25) is 10.0 Å². The normalized spacial score (nSPS) is 13.8.